The molecule has 10 heavy (non-hydrogen) atoms. The van der Waals surface area contributed by atoms with Crippen LogP contribution >= 0.6 is 0 Å². The average molecular weight is 145 g/mol. The van der Waals surface area contributed by atoms with Crippen LogP contribution < -0.4 is 5.32 Å². The summed E-state index contributed by atoms with van der Waals surface area (Å²) in [4.78, 5) is 10.5. The van der Waals surface area contributed by atoms with Crippen LogP contribution in [0.25, 0.3) is 0 Å². The lowest BCUT2D eigenvalue weighted by Gasteiger charge is -2.23. The third kappa shape index (κ3) is 5.60. The Bertz CT molecular complexity index is 108. The number of rotatable bonds is 2. The summed E-state index contributed by atoms with van der Waals surface area (Å²) in [6.07, 6.45) is 0.965. The minimum Gasteiger partial charge on any atom is -0.351 e. The molecule has 2 heteroatoms. The molecule has 0 fully saturated rings. The summed E-state index contributed by atoms with van der Waals surface area (Å²) in [5, 5.41) is 2.83. The maximum absolute atomic E-state index is 10.5. The normalized spacial score (nSPS) is 10.0. The monoisotopic (exact) mass is 145 g/mol. The van der Waals surface area contributed by atoms with E-state index in [0.29, 0.717) is 0 Å². The molecule has 2 nitrogen and oxygen atoms in total. The predicted molar refractivity (Wildman–Crippen MR) is 44.9 cm³/mol. The zero-order valence-corrected chi connectivity index (χ0v) is 6.62. The lowest BCUT2D eigenvalue weighted by Crippen LogP contribution is -2.41. The minimum absolute atomic E-state index is 0. The first-order valence-corrected chi connectivity index (χ1v) is 3.26. The van der Waals surface area contributed by atoms with Gasteiger partial charge in [0.05, 0.1) is 0 Å². The SMILES string of the molecule is C.CCC(C)(C)NC(C)=O. The number of nitrogens with one attached hydrogen (secondary N) is 1. The number of carbonyl (C=O) groups is 1. The van der Waals surface area contributed by atoms with Crippen molar-refractivity contribution in [1.29, 1.82) is 0 Å². The summed E-state index contributed by atoms with van der Waals surface area (Å²) in [5.41, 5.74) is -0.0359. The molecule has 0 rings (SSSR count). The van der Waals surface area contributed by atoms with Crippen LogP contribution in [0.2, 0.25) is 0 Å². The zero-order chi connectivity index (χ0) is 7.49. The van der Waals surface area contributed by atoms with Crippen LogP contribution in [-0.4, -0.2) is 11.4 Å². The number of hydrogen-bond acceptors (Lipinski definition) is 1. The topological polar surface area (TPSA) is 29.1 Å². The second-order valence-electron chi connectivity index (χ2n) is 2.92. The summed E-state index contributed by atoms with van der Waals surface area (Å²) in [6.45, 7) is 7.61. The van der Waals surface area contributed by atoms with Gasteiger partial charge in [-0.1, -0.05) is 14.4 Å². The molecule has 1 N–H and O–H groups in total. The first-order valence-electron chi connectivity index (χ1n) is 3.26. The quantitative estimate of drug-likeness (QED) is 0.632. The Kier molecular flexibility index (Phi) is 5.25. The van der Waals surface area contributed by atoms with E-state index < -0.39 is 0 Å². The Balaban J connectivity index is 0. The maximum Gasteiger partial charge on any atom is 0.217 e. The highest BCUT2D eigenvalue weighted by molar-refractivity contribution is 5.73. The maximum atomic E-state index is 10.5. The van der Waals surface area contributed by atoms with Gasteiger partial charge in [-0.3, -0.25) is 4.79 Å². The van der Waals surface area contributed by atoms with Crippen molar-refractivity contribution in [3.63, 3.8) is 0 Å². The minimum atomic E-state index is -0.0359. The standard InChI is InChI=1S/C7H15NO.CH4/c1-5-7(3,4)8-6(2)9;/h5H2,1-4H3,(H,8,9);1H4. The highest BCUT2D eigenvalue weighted by Gasteiger charge is 2.14. The Morgan fingerprint density at radius 1 is 1.50 bits per heavy atom. The number of hydrogen-bond donors (Lipinski definition) is 1. The van der Waals surface area contributed by atoms with Crippen LogP contribution in [0.4, 0.5) is 0 Å². The first-order chi connectivity index (χ1) is 3.98. The molecule has 0 heterocycles. The van der Waals surface area contributed by atoms with Crippen molar-refractivity contribution >= 4 is 5.91 Å². The third-order valence-electron chi connectivity index (χ3n) is 1.40. The molecule has 0 unspecified atom stereocenters. The van der Waals surface area contributed by atoms with Crippen molar-refractivity contribution in [3.8, 4) is 0 Å². The van der Waals surface area contributed by atoms with E-state index in [1.165, 1.54) is 6.92 Å². The van der Waals surface area contributed by atoms with E-state index >= 15 is 0 Å². The average Bonchev–Trinajstić information content (AvgIpc) is 1.63. The van der Waals surface area contributed by atoms with Gasteiger partial charge >= 0.3 is 0 Å². The summed E-state index contributed by atoms with van der Waals surface area (Å²) in [5.74, 6) is 0.0434. The van der Waals surface area contributed by atoms with Crippen molar-refractivity contribution in [3.05, 3.63) is 0 Å². The molecule has 0 aliphatic carbocycles. The van der Waals surface area contributed by atoms with Gasteiger partial charge in [-0.15, -0.1) is 0 Å². The Morgan fingerprint density at radius 3 is 2.00 bits per heavy atom. The molecule has 0 radical (unpaired) electrons. The fourth-order valence-corrected chi connectivity index (χ4v) is 0.565. The summed E-state index contributed by atoms with van der Waals surface area (Å²) in [6, 6.07) is 0. The molecule has 0 aliphatic rings. The van der Waals surface area contributed by atoms with Gasteiger partial charge in [-0.05, 0) is 20.3 Å². The van der Waals surface area contributed by atoms with Gasteiger partial charge in [0.2, 0.25) is 5.91 Å². The molecule has 0 atom stereocenters. The van der Waals surface area contributed by atoms with Crippen LogP contribution in [-0.2, 0) is 4.79 Å². The zero-order valence-electron chi connectivity index (χ0n) is 6.62. The van der Waals surface area contributed by atoms with Crippen LogP contribution in [0.3, 0.4) is 0 Å². The van der Waals surface area contributed by atoms with Crippen LogP contribution in [0.15, 0.2) is 0 Å². The molecular formula is C8H19NO. The Hall–Kier alpha value is -0.530. The molecule has 0 spiro atoms. The van der Waals surface area contributed by atoms with Crippen LogP contribution in [0, 0.1) is 0 Å². The fraction of sp³-hybridized carbons (Fsp3) is 0.875. The van der Waals surface area contributed by atoms with Gasteiger partial charge in [0, 0.05) is 12.5 Å². The van der Waals surface area contributed by atoms with E-state index in [1.54, 1.807) is 0 Å². The summed E-state index contributed by atoms with van der Waals surface area (Å²) < 4.78 is 0. The van der Waals surface area contributed by atoms with E-state index in [1.807, 2.05) is 13.8 Å². The first kappa shape index (κ1) is 12.2. The van der Waals surface area contributed by atoms with E-state index in [4.69, 9.17) is 0 Å². The molecular weight excluding hydrogens is 126 g/mol. The Morgan fingerprint density at radius 2 is 1.90 bits per heavy atom. The van der Waals surface area contributed by atoms with Gasteiger partial charge in [0.15, 0.2) is 0 Å². The second kappa shape index (κ2) is 4.31. The van der Waals surface area contributed by atoms with E-state index in [2.05, 4.69) is 12.2 Å². The van der Waals surface area contributed by atoms with Crippen molar-refractivity contribution in [2.75, 3.05) is 0 Å². The molecule has 0 aliphatic heterocycles. The fourth-order valence-electron chi connectivity index (χ4n) is 0.565. The molecule has 62 valence electrons. The van der Waals surface area contributed by atoms with Gasteiger partial charge in [0.25, 0.3) is 0 Å². The number of carbonyl (C=O) groups excluding carboxylic acids is 1. The molecule has 1 amide bonds. The highest BCUT2D eigenvalue weighted by Crippen LogP contribution is 2.05. The third-order valence-corrected chi connectivity index (χ3v) is 1.40. The van der Waals surface area contributed by atoms with Gasteiger partial charge in [-0.2, -0.15) is 0 Å². The largest absolute Gasteiger partial charge is 0.351 e. The summed E-state index contributed by atoms with van der Waals surface area (Å²) in [7, 11) is 0. The van der Waals surface area contributed by atoms with E-state index in [-0.39, 0.29) is 18.9 Å². The van der Waals surface area contributed by atoms with E-state index in [0.717, 1.165) is 6.42 Å². The van der Waals surface area contributed by atoms with Gasteiger partial charge in [0.1, 0.15) is 0 Å². The lowest BCUT2D eigenvalue weighted by molar-refractivity contribution is -0.120. The lowest BCUT2D eigenvalue weighted by atomic mass is 10.0. The summed E-state index contributed by atoms with van der Waals surface area (Å²) >= 11 is 0. The molecule has 0 aromatic carbocycles. The number of amides is 1. The smallest absolute Gasteiger partial charge is 0.217 e. The molecule has 0 saturated carbocycles. The molecule has 0 aromatic heterocycles. The van der Waals surface area contributed by atoms with Crippen LogP contribution in [0.5, 0.6) is 0 Å². The highest BCUT2D eigenvalue weighted by atomic mass is 16.1. The van der Waals surface area contributed by atoms with Crippen LogP contribution in [0.1, 0.15) is 41.5 Å². The van der Waals surface area contributed by atoms with Crippen molar-refractivity contribution in [2.24, 2.45) is 0 Å². The van der Waals surface area contributed by atoms with Crippen molar-refractivity contribution < 1.29 is 4.79 Å². The van der Waals surface area contributed by atoms with Gasteiger partial charge in [-0.25, -0.2) is 0 Å². The Labute approximate surface area is 64.0 Å². The second-order valence-corrected chi connectivity index (χ2v) is 2.92. The molecule has 0 aromatic rings. The molecule has 0 saturated heterocycles. The predicted octanol–water partition coefficient (Wildman–Crippen LogP) is 1.95. The van der Waals surface area contributed by atoms with Gasteiger partial charge < -0.3 is 5.32 Å². The molecule has 0 bridgehead atoms. The van der Waals surface area contributed by atoms with Crippen molar-refractivity contribution in [2.45, 2.75) is 47.1 Å². The van der Waals surface area contributed by atoms with E-state index in [9.17, 15) is 4.79 Å². The van der Waals surface area contributed by atoms with Crippen molar-refractivity contribution in [1.82, 2.24) is 5.32 Å².